The van der Waals surface area contributed by atoms with Gasteiger partial charge in [-0.2, -0.15) is 4.98 Å². The molecular weight excluding hydrogens is 255 g/mol. The molecule has 0 aliphatic carbocycles. The van der Waals surface area contributed by atoms with Crippen molar-refractivity contribution in [2.75, 3.05) is 5.73 Å². The van der Waals surface area contributed by atoms with Gasteiger partial charge in [0, 0.05) is 11.1 Å². The first-order valence-corrected chi connectivity index (χ1v) is 5.96. The second-order valence-corrected chi connectivity index (χ2v) is 4.22. The van der Waals surface area contributed by atoms with Crippen molar-refractivity contribution in [1.29, 1.82) is 0 Å². The number of benzene rings is 1. The van der Waals surface area contributed by atoms with E-state index >= 15 is 0 Å². The van der Waals surface area contributed by atoms with Crippen molar-refractivity contribution in [1.82, 2.24) is 15.1 Å². The molecule has 0 unspecified atom stereocenters. The molecule has 3 aromatic rings. The maximum atomic E-state index is 13.7. The van der Waals surface area contributed by atoms with E-state index in [1.807, 2.05) is 0 Å². The van der Waals surface area contributed by atoms with Crippen LogP contribution in [0.15, 0.2) is 33.6 Å². The highest BCUT2D eigenvalue weighted by molar-refractivity contribution is 7.07. The zero-order chi connectivity index (χ0) is 12.5. The van der Waals surface area contributed by atoms with Gasteiger partial charge in [-0.25, -0.2) is 9.37 Å². The summed E-state index contributed by atoms with van der Waals surface area (Å²) >= 11 is 1.41. The van der Waals surface area contributed by atoms with Crippen molar-refractivity contribution in [2.45, 2.75) is 0 Å². The maximum absolute atomic E-state index is 13.7. The second-order valence-electron chi connectivity index (χ2n) is 3.50. The minimum absolute atomic E-state index is 0.0496. The molecule has 0 fully saturated rings. The van der Waals surface area contributed by atoms with Gasteiger partial charge in [0.25, 0.3) is 5.89 Å². The molecule has 0 bridgehead atoms. The Hall–Kier alpha value is -2.28. The van der Waals surface area contributed by atoms with Gasteiger partial charge in [-0.3, -0.25) is 0 Å². The average molecular weight is 262 g/mol. The molecule has 0 amide bonds. The van der Waals surface area contributed by atoms with Gasteiger partial charge in [0.1, 0.15) is 11.5 Å². The van der Waals surface area contributed by atoms with Crippen molar-refractivity contribution in [3.05, 3.63) is 34.9 Å². The van der Waals surface area contributed by atoms with Gasteiger partial charge >= 0.3 is 0 Å². The van der Waals surface area contributed by atoms with E-state index in [0.717, 1.165) is 0 Å². The van der Waals surface area contributed by atoms with Crippen LogP contribution in [0.5, 0.6) is 0 Å². The van der Waals surface area contributed by atoms with Crippen LogP contribution in [0.1, 0.15) is 0 Å². The van der Waals surface area contributed by atoms with Crippen LogP contribution in [-0.4, -0.2) is 15.1 Å². The fourth-order valence-corrected chi connectivity index (χ4v) is 2.05. The van der Waals surface area contributed by atoms with Gasteiger partial charge in [-0.1, -0.05) is 11.2 Å². The number of nitrogen functional groups attached to an aromatic ring is 1. The molecule has 5 nitrogen and oxygen atoms in total. The Labute approximate surface area is 105 Å². The van der Waals surface area contributed by atoms with Gasteiger partial charge < -0.3 is 10.3 Å². The normalized spacial score (nSPS) is 10.7. The van der Waals surface area contributed by atoms with Crippen LogP contribution >= 0.6 is 11.3 Å². The van der Waals surface area contributed by atoms with E-state index in [2.05, 4.69) is 15.1 Å². The van der Waals surface area contributed by atoms with Gasteiger partial charge in [0.15, 0.2) is 0 Å². The summed E-state index contributed by atoms with van der Waals surface area (Å²) in [5.41, 5.74) is 8.31. The molecule has 7 heteroatoms. The fraction of sp³-hybridized carbons (Fsp3) is 0. The highest BCUT2D eigenvalue weighted by atomic mass is 32.1. The van der Waals surface area contributed by atoms with E-state index in [-0.39, 0.29) is 17.1 Å². The number of anilines is 1. The Morgan fingerprint density at radius 3 is 2.94 bits per heavy atom. The van der Waals surface area contributed by atoms with Crippen LogP contribution < -0.4 is 5.73 Å². The molecule has 0 aliphatic heterocycles. The molecule has 0 aliphatic rings. The van der Waals surface area contributed by atoms with E-state index in [4.69, 9.17) is 10.3 Å². The van der Waals surface area contributed by atoms with Crippen LogP contribution in [-0.2, 0) is 0 Å². The Morgan fingerprint density at radius 2 is 2.22 bits per heavy atom. The molecule has 2 heterocycles. The van der Waals surface area contributed by atoms with E-state index < -0.39 is 5.82 Å². The molecule has 2 aromatic heterocycles. The van der Waals surface area contributed by atoms with E-state index in [1.165, 1.54) is 23.5 Å². The standard InChI is InChI=1S/C11H7FN4OS/c12-6-2-1-3-7(13)9(6)11-15-10(16-17-11)8-4-18-5-14-8/h1-5H,13H2. The van der Waals surface area contributed by atoms with Crippen molar-refractivity contribution in [3.63, 3.8) is 0 Å². The number of hydrogen-bond donors (Lipinski definition) is 1. The number of halogens is 1. The van der Waals surface area contributed by atoms with Crippen LogP contribution in [0.2, 0.25) is 0 Å². The first kappa shape index (κ1) is 10.8. The SMILES string of the molecule is Nc1cccc(F)c1-c1nc(-c2cscn2)no1. The third kappa shape index (κ3) is 1.74. The number of aromatic nitrogens is 3. The Bertz CT molecular complexity index is 660. The average Bonchev–Trinajstić information content (AvgIpc) is 2.99. The van der Waals surface area contributed by atoms with Crippen LogP contribution in [0.4, 0.5) is 10.1 Å². The molecule has 0 radical (unpaired) electrons. The maximum Gasteiger partial charge on any atom is 0.263 e. The largest absolute Gasteiger partial charge is 0.398 e. The van der Waals surface area contributed by atoms with Crippen molar-refractivity contribution in [2.24, 2.45) is 0 Å². The van der Waals surface area contributed by atoms with Crippen molar-refractivity contribution < 1.29 is 8.91 Å². The van der Waals surface area contributed by atoms with E-state index in [1.54, 1.807) is 17.0 Å². The summed E-state index contributed by atoms with van der Waals surface area (Å²) < 4.78 is 18.7. The first-order chi connectivity index (χ1) is 8.75. The lowest BCUT2D eigenvalue weighted by molar-refractivity contribution is 0.430. The molecule has 90 valence electrons. The molecule has 0 atom stereocenters. The lowest BCUT2D eigenvalue weighted by Crippen LogP contribution is -1.93. The highest BCUT2D eigenvalue weighted by Crippen LogP contribution is 2.28. The molecule has 1 aromatic carbocycles. The Kier molecular flexibility index (Phi) is 2.52. The minimum Gasteiger partial charge on any atom is -0.398 e. The lowest BCUT2D eigenvalue weighted by Gasteiger charge is -2.00. The van der Waals surface area contributed by atoms with Crippen LogP contribution in [0.25, 0.3) is 23.0 Å². The van der Waals surface area contributed by atoms with Gasteiger partial charge in [0.05, 0.1) is 11.1 Å². The predicted molar refractivity (Wildman–Crippen MR) is 65.2 cm³/mol. The molecule has 3 rings (SSSR count). The fourth-order valence-electron chi connectivity index (χ4n) is 1.52. The summed E-state index contributed by atoms with van der Waals surface area (Å²) in [5.74, 6) is -0.133. The molecule has 0 saturated heterocycles. The zero-order valence-corrected chi connectivity index (χ0v) is 9.82. The molecule has 18 heavy (non-hydrogen) atoms. The van der Waals surface area contributed by atoms with Gasteiger partial charge in [-0.05, 0) is 12.1 Å². The second kappa shape index (κ2) is 4.19. The minimum atomic E-state index is -0.497. The molecular formula is C11H7FN4OS. The zero-order valence-electron chi connectivity index (χ0n) is 9.00. The Morgan fingerprint density at radius 1 is 1.33 bits per heavy atom. The van der Waals surface area contributed by atoms with Gasteiger partial charge in [-0.15, -0.1) is 11.3 Å². The number of thiazole rings is 1. The summed E-state index contributed by atoms with van der Waals surface area (Å²) in [6.07, 6.45) is 0. The summed E-state index contributed by atoms with van der Waals surface area (Å²) in [5, 5.41) is 5.53. The molecule has 0 spiro atoms. The van der Waals surface area contributed by atoms with E-state index in [9.17, 15) is 4.39 Å². The first-order valence-electron chi connectivity index (χ1n) is 5.02. The van der Waals surface area contributed by atoms with Crippen LogP contribution in [0.3, 0.4) is 0 Å². The monoisotopic (exact) mass is 262 g/mol. The highest BCUT2D eigenvalue weighted by Gasteiger charge is 2.17. The summed E-state index contributed by atoms with van der Waals surface area (Å²) in [7, 11) is 0. The van der Waals surface area contributed by atoms with Crippen molar-refractivity contribution >= 4 is 17.0 Å². The Balaban J connectivity index is 2.09. The quantitative estimate of drug-likeness (QED) is 0.718. The number of rotatable bonds is 2. The lowest BCUT2D eigenvalue weighted by atomic mass is 10.1. The number of nitrogens with two attached hydrogens (primary N) is 1. The number of nitrogens with zero attached hydrogens (tertiary/aromatic N) is 3. The molecule has 2 N–H and O–H groups in total. The predicted octanol–water partition coefficient (Wildman–Crippen LogP) is 2.58. The summed E-state index contributed by atoms with van der Waals surface area (Å²) in [6.45, 7) is 0. The van der Waals surface area contributed by atoms with E-state index in [0.29, 0.717) is 11.5 Å². The van der Waals surface area contributed by atoms with Gasteiger partial charge in [0.2, 0.25) is 5.82 Å². The third-order valence-corrected chi connectivity index (χ3v) is 2.93. The smallest absolute Gasteiger partial charge is 0.263 e. The third-order valence-electron chi connectivity index (χ3n) is 2.35. The topological polar surface area (TPSA) is 77.8 Å². The van der Waals surface area contributed by atoms with Crippen molar-refractivity contribution in [3.8, 4) is 23.0 Å². The summed E-state index contributed by atoms with van der Waals surface area (Å²) in [4.78, 5) is 8.14. The number of hydrogen-bond acceptors (Lipinski definition) is 6. The summed E-state index contributed by atoms with van der Waals surface area (Å²) in [6, 6.07) is 4.38. The molecule has 0 saturated carbocycles. The van der Waals surface area contributed by atoms with Crippen LogP contribution in [0, 0.1) is 5.82 Å².